The highest BCUT2D eigenvalue weighted by Crippen LogP contribution is 2.16. The molecule has 84 valence electrons. The molecule has 2 N–H and O–H groups in total. The zero-order valence-corrected chi connectivity index (χ0v) is 9.87. The van der Waals surface area contributed by atoms with Crippen molar-refractivity contribution < 1.29 is 0 Å². The highest BCUT2D eigenvalue weighted by molar-refractivity contribution is 4.80. The minimum atomic E-state index is 0.618. The van der Waals surface area contributed by atoms with E-state index in [0.717, 1.165) is 19.1 Å². The summed E-state index contributed by atoms with van der Waals surface area (Å²) in [6, 6.07) is 1.37. The first-order valence-corrected chi connectivity index (χ1v) is 5.79. The highest BCUT2D eigenvalue weighted by Gasteiger charge is 2.23. The summed E-state index contributed by atoms with van der Waals surface area (Å²) in [6.07, 6.45) is 2.71. The zero-order valence-electron chi connectivity index (χ0n) is 9.87. The minimum absolute atomic E-state index is 0.618. The maximum absolute atomic E-state index is 5.62. The molecule has 1 aliphatic rings. The van der Waals surface area contributed by atoms with E-state index in [1.54, 1.807) is 0 Å². The van der Waals surface area contributed by atoms with E-state index in [0.29, 0.717) is 6.04 Å². The number of hydrogen-bond donors (Lipinski definition) is 1. The molecule has 14 heavy (non-hydrogen) atoms. The van der Waals surface area contributed by atoms with Gasteiger partial charge in [-0.05, 0) is 40.3 Å². The van der Waals surface area contributed by atoms with Crippen molar-refractivity contribution in [3.8, 4) is 0 Å². The van der Waals surface area contributed by atoms with Crippen LogP contribution in [0.4, 0.5) is 0 Å². The first kappa shape index (κ1) is 12.0. The Morgan fingerprint density at radius 3 is 2.64 bits per heavy atom. The van der Waals surface area contributed by atoms with Crippen molar-refractivity contribution in [2.24, 2.45) is 5.73 Å². The molecule has 0 radical (unpaired) electrons. The molecule has 1 saturated heterocycles. The number of nitrogens with zero attached hydrogens (tertiary/aromatic N) is 2. The lowest BCUT2D eigenvalue weighted by atomic mass is 10.2. The van der Waals surface area contributed by atoms with Crippen molar-refractivity contribution in [1.82, 2.24) is 9.80 Å². The van der Waals surface area contributed by atoms with Crippen molar-refractivity contribution in [2.45, 2.75) is 38.8 Å². The van der Waals surface area contributed by atoms with E-state index in [4.69, 9.17) is 5.73 Å². The second-order valence-corrected chi connectivity index (χ2v) is 4.65. The van der Waals surface area contributed by atoms with E-state index in [1.807, 2.05) is 0 Å². The van der Waals surface area contributed by atoms with Crippen LogP contribution in [-0.2, 0) is 0 Å². The molecule has 1 fully saturated rings. The Kier molecular flexibility index (Phi) is 4.85. The van der Waals surface area contributed by atoms with Crippen LogP contribution in [0.15, 0.2) is 0 Å². The highest BCUT2D eigenvalue weighted by atomic mass is 15.2. The predicted octanol–water partition coefficient (Wildman–Crippen LogP) is 0.750. The lowest BCUT2D eigenvalue weighted by Gasteiger charge is -2.31. The van der Waals surface area contributed by atoms with Crippen LogP contribution in [0.1, 0.15) is 26.7 Å². The monoisotopic (exact) mass is 199 g/mol. The molecule has 0 unspecified atom stereocenters. The number of likely N-dealkylation sites (N-methyl/N-ethyl adjacent to an activating group) is 1. The van der Waals surface area contributed by atoms with E-state index in [1.165, 1.54) is 25.9 Å². The third-order valence-electron chi connectivity index (χ3n) is 3.26. The summed E-state index contributed by atoms with van der Waals surface area (Å²) in [4.78, 5) is 4.97. The maximum Gasteiger partial charge on any atom is 0.0220 e. The lowest BCUT2D eigenvalue weighted by molar-refractivity contribution is 0.165. The van der Waals surface area contributed by atoms with Crippen LogP contribution < -0.4 is 5.73 Å². The van der Waals surface area contributed by atoms with E-state index >= 15 is 0 Å². The molecule has 0 amide bonds. The molecule has 1 rings (SSSR count). The van der Waals surface area contributed by atoms with Gasteiger partial charge in [-0.1, -0.05) is 0 Å². The van der Waals surface area contributed by atoms with Gasteiger partial charge >= 0.3 is 0 Å². The third-order valence-corrected chi connectivity index (χ3v) is 3.26. The molecule has 1 heterocycles. The first-order valence-electron chi connectivity index (χ1n) is 5.79. The first-order chi connectivity index (χ1) is 6.65. The van der Waals surface area contributed by atoms with Gasteiger partial charge < -0.3 is 10.6 Å². The van der Waals surface area contributed by atoms with Crippen LogP contribution in [0.25, 0.3) is 0 Å². The van der Waals surface area contributed by atoms with E-state index < -0.39 is 0 Å². The molecule has 1 aliphatic heterocycles. The van der Waals surface area contributed by atoms with Crippen LogP contribution in [0.3, 0.4) is 0 Å². The number of nitrogens with two attached hydrogens (primary N) is 1. The Hall–Kier alpha value is -0.120. The van der Waals surface area contributed by atoms with Crippen LogP contribution in [0, 0.1) is 0 Å². The molecule has 1 atom stereocenters. The topological polar surface area (TPSA) is 32.5 Å². The smallest absolute Gasteiger partial charge is 0.0220 e. The summed E-state index contributed by atoms with van der Waals surface area (Å²) in [6.45, 7) is 8.76. The van der Waals surface area contributed by atoms with Gasteiger partial charge in [0.2, 0.25) is 0 Å². The number of hydrogen-bond acceptors (Lipinski definition) is 3. The van der Waals surface area contributed by atoms with Gasteiger partial charge in [0.25, 0.3) is 0 Å². The summed E-state index contributed by atoms with van der Waals surface area (Å²) in [5.41, 5.74) is 5.62. The maximum atomic E-state index is 5.62. The van der Waals surface area contributed by atoms with Crippen molar-refractivity contribution in [2.75, 3.05) is 33.2 Å². The van der Waals surface area contributed by atoms with Gasteiger partial charge in [0.15, 0.2) is 0 Å². The Labute approximate surface area is 88.2 Å². The second kappa shape index (κ2) is 5.69. The number of likely N-dealkylation sites (tertiary alicyclic amines) is 1. The standard InChI is InChI=1S/C11H25N3/c1-10(2)14(8-6-12)9-11-5-4-7-13(11)3/h10-11H,4-9,12H2,1-3H3/t11-/m1/s1. The second-order valence-electron chi connectivity index (χ2n) is 4.65. The molecule has 3 nitrogen and oxygen atoms in total. The molecule has 0 saturated carbocycles. The lowest BCUT2D eigenvalue weighted by Crippen LogP contribution is -2.43. The van der Waals surface area contributed by atoms with Crippen molar-refractivity contribution in [3.63, 3.8) is 0 Å². The third kappa shape index (κ3) is 3.23. The summed E-state index contributed by atoms with van der Waals surface area (Å²) in [7, 11) is 2.23. The summed E-state index contributed by atoms with van der Waals surface area (Å²) < 4.78 is 0. The average Bonchev–Trinajstić information content (AvgIpc) is 2.51. The van der Waals surface area contributed by atoms with Crippen LogP contribution >= 0.6 is 0 Å². The van der Waals surface area contributed by atoms with E-state index in [9.17, 15) is 0 Å². The van der Waals surface area contributed by atoms with Crippen LogP contribution in [0.2, 0.25) is 0 Å². The average molecular weight is 199 g/mol. The van der Waals surface area contributed by atoms with Gasteiger partial charge in [0.05, 0.1) is 0 Å². The van der Waals surface area contributed by atoms with Gasteiger partial charge in [-0.3, -0.25) is 4.90 Å². The molecular weight excluding hydrogens is 174 g/mol. The molecule has 0 bridgehead atoms. The largest absolute Gasteiger partial charge is 0.329 e. The molecule has 0 spiro atoms. The Morgan fingerprint density at radius 1 is 1.50 bits per heavy atom. The molecule has 0 aromatic rings. The summed E-state index contributed by atoms with van der Waals surface area (Å²) >= 11 is 0. The number of rotatable bonds is 5. The molecular formula is C11H25N3. The van der Waals surface area contributed by atoms with E-state index in [-0.39, 0.29) is 0 Å². The Morgan fingerprint density at radius 2 is 2.21 bits per heavy atom. The van der Waals surface area contributed by atoms with Gasteiger partial charge in [-0.25, -0.2) is 0 Å². The van der Waals surface area contributed by atoms with Gasteiger partial charge in [-0.15, -0.1) is 0 Å². The fraction of sp³-hybridized carbons (Fsp3) is 1.00. The minimum Gasteiger partial charge on any atom is -0.329 e. The summed E-state index contributed by atoms with van der Waals surface area (Å²) in [5, 5.41) is 0. The Balaban J connectivity index is 2.37. The molecule has 0 aliphatic carbocycles. The Bertz CT molecular complexity index is 159. The van der Waals surface area contributed by atoms with Gasteiger partial charge in [-0.2, -0.15) is 0 Å². The van der Waals surface area contributed by atoms with E-state index in [2.05, 4.69) is 30.7 Å². The zero-order chi connectivity index (χ0) is 10.6. The fourth-order valence-corrected chi connectivity index (χ4v) is 2.21. The quantitative estimate of drug-likeness (QED) is 0.709. The molecule has 0 aromatic carbocycles. The van der Waals surface area contributed by atoms with Crippen molar-refractivity contribution in [1.29, 1.82) is 0 Å². The predicted molar refractivity (Wildman–Crippen MR) is 61.4 cm³/mol. The summed E-state index contributed by atoms with van der Waals surface area (Å²) in [5.74, 6) is 0. The SMILES string of the molecule is CC(C)N(CCN)C[C@H]1CCCN1C. The van der Waals surface area contributed by atoms with Gasteiger partial charge in [0.1, 0.15) is 0 Å². The van der Waals surface area contributed by atoms with Gasteiger partial charge in [0, 0.05) is 31.7 Å². The normalized spacial score (nSPS) is 24.0. The van der Waals surface area contributed by atoms with Crippen molar-refractivity contribution in [3.05, 3.63) is 0 Å². The molecule has 0 aromatic heterocycles. The van der Waals surface area contributed by atoms with Crippen LogP contribution in [-0.4, -0.2) is 55.1 Å². The van der Waals surface area contributed by atoms with Crippen LogP contribution in [0.5, 0.6) is 0 Å². The molecule has 3 heteroatoms. The fourth-order valence-electron chi connectivity index (χ4n) is 2.21. The van der Waals surface area contributed by atoms with Crippen molar-refractivity contribution >= 4 is 0 Å².